The normalized spacial score (nSPS) is 22.7. The van der Waals surface area contributed by atoms with Crippen LogP contribution in [0.1, 0.15) is 105 Å². The number of unbranched alkanes of at least 4 members (excludes halogenated alkanes) is 2. The van der Waals surface area contributed by atoms with Crippen LogP contribution in [0, 0.1) is 0 Å². The molecule has 0 aromatic heterocycles. The summed E-state index contributed by atoms with van der Waals surface area (Å²) in [5, 5.41) is 10.8. The summed E-state index contributed by atoms with van der Waals surface area (Å²) in [6, 6.07) is 27.8. The van der Waals surface area contributed by atoms with Crippen molar-refractivity contribution in [3.63, 3.8) is 0 Å². The Bertz CT molecular complexity index is 1800. The van der Waals surface area contributed by atoms with Crippen molar-refractivity contribution < 1.29 is 28.4 Å². The van der Waals surface area contributed by atoms with Crippen molar-refractivity contribution in [3.05, 3.63) is 96.6 Å². The Labute approximate surface area is 340 Å². The molecule has 57 heavy (non-hydrogen) atoms. The molecule has 0 radical (unpaired) electrons. The number of nitrogens with zero attached hydrogens (tertiary/aromatic N) is 1. The quantitative estimate of drug-likeness (QED) is 0.140. The second kappa shape index (κ2) is 19.2. The highest BCUT2D eigenvalue weighted by molar-refractivity contribution is 6.99. The highest BCUT2D eigenvalue weighted by Gasteiger charge is 2.51. The van der Waals surface area contributed by atoms with Crippen LogP contribution in [0.25, 0.3) is 0 Å². The number of nitrogens with one attached hydrogen (secondary N) is 3. The Kier molecular flexibility index (Phi) is 14.7. The summed E-state index contributed by atoms with van der Waals surface area (Å²) in [6.45, 7) is 12.3. The van der Waals surface area contributed by atoms with Gasteiger partial charge in [0.05, 0.1) is 0 Å². The molecule has 3 aromatic carbocycles. The molecule has 11 heteroatoms. The lowest BCUT2D eigenvalue weighted by molar-refractivity contribution is -0.145. The number of Topliss-reactive ketones (excluding diaryl/α,β-unsaturated/α-hetero) is 1. The summed E-state index contributed by atoms with van der Waals surface area (Å²) in [5.74, 6) is -1.49. The lowest BCUT2D eigenvalue weighted by atomic mass is 9.94. The molecule has 0 bridgehead atoms. The van der Waals surface area contributed by atoms with Crippen LogP contribution in [0.4, 0.5) is 0 Å². The molecule has 2 saturated heterocycles. The van der Waals surface area contributed by atoms with Crippen molar-refractivity contribution in [2.24, 2.45) is 0 Å². The number of carbonyl (C=O) groups is 5. The van der Waals surface area contributed by atoms with Gasteiger partial charge in [0.2, 0.25) is 23.6 Å². The summed E-state index contributed by atoms with van der Waals surface area (Å²) < 4.78 is 7.03. The third-order valence-corrected chi connectivity index (χ3v) is 17.0. The molecule has 5 rings (SSSR count). The van der Waals surface area contributed by atoms with Crippen LogP contribution < -0.4 is 26.3 Å². The lowest BCUT2D eigenvalue weighted by Gasteiger charge is -2.44. The van der Waals surface area contributed by atoms with Gasteiger partial charge in [0.25, 0.3) is 8.32 Å². The van der Waals surface area contributed by atoms with Crippen molar-refractivity contribution in [2.45, 2.75) is 141 Å². The average molecular weight is 795 g/mol. The van der Waals surface area contributed by atoms with E-state index in [1.54, 1.807) is 11.8 Å². The molecule has 2 aliphatic rings. The molecule has 0 aliphatic carbocycles. The van der Waals surface area contributed by atoms with E-state index in [2.05, 4.69) is 61.0 Å². The second-order valence-electron chi connectivity index (χ2n) is 17.0. The Morgan fingerprint density at radius 2 is 1.42 bits per heavy atom. The van der Waals surface area contributed by atoms with Crippen molar-refractivity contribution in [1.29, 1.82) is 0 Å². The van der Waals surface area contributed by atoms with E-state index in [0.717, 1.165) is 15.9 Å². The van der Waals surface area contributed by atoms with Crippen LogP contribution in [-0.2, 0) is 34.8 Å². The molecule has 2 heterocycles. The van der Waals surface area contributed by atoms with Gasteiger partial charge in [-0.3, -0.25) is 24.0 Å². The van der Waals surface area contributed by atoms with Gasteiger partial charge < -0.3 is 25.3 Å². The molecule has 10 nitrogen and oxygen atoms in total. The van der Waals surface area contributed by atoms with E-state index in [1.807, 2.05) is 80.6 Å². The van der Waals surface area contributed by atoms with Crippen molar-refractivity contribution >= 4 is 48.1 Å². The number of ketones is 1. The minimum absolute atomic E-state index is 0.0258. The Morgan fingerprint density at radius 3 is 2.00 bits per heavy atom. The summed E-state index contributed by atoms with van der Waals surface area (Å²) in [4.78, 5) is 70.9. The molecule has 2 fully saturated rings. The van der Waals surface area contributed by atoms with Gasteiger partial charge in [-0.25, -0.2) is 0 Å². The van der Waals surface area contributed by atoms with Gasteiger partial charge in [0.1, 0.15) is 29.8 Å². The molecule has 2 aliphatic heterocycles. The summed E-state index contributed by atoms with van der Waals surface area (Å²) in [5.41, 5.74) is -0.263. The largest absolute Gasteiger partial charge is 0.398 e. The van der Waals surface area contributed by atoms with Gasteiger partial charge in [-0.2, -0.15) is 0 Å². The number of hydrogen-bond acceptors (Lipinski definition) is 6. The van der Waals surface area contributed by atoms with E-state index < -0.39 is 49.9 Å². The van der Waals surface area contributed by atoms with Crippen LogP contribution in [-0.4, -0.2) is 78.9 Å². The number of rotatable bonds is 15. The molecule has 0 unspecified atom stereocenters. The average Bonchev–Trinajstić information content (AvgIpc) is 3.71. The van der Waals surface area contributed by atoms with Gasteiger partial charge in [0.15, 0.2) is 5.78 Å². The highest BCUT2D eigenvalue weighted by atomic mass is 28.4. The predicted octanol–water partition coefficient (Wildman–Crippen LogP) is 5.36. The third-order valence-electron chi connectivity index (χ3n) is 11.9. The molecule has 3 aromatic rings. The van der Waals surface area contributed by atoms with Gasteiger partial charge in [-0.05, 0) is 79.8 Å². The standard InChI is InChI=1S/C46H62N4O6Si/c1-7-46(6)44(55)48-38(31-30-34-21-12-8-13-22-34)43(54)50-32-20-28-39(50)42(53)47-37(41(52)49-46)27-18-11-19-29-40(51)33(2)56-57(45(3,4)5,35-23-14-9-15-24-35)36-25-16-10-17-26-36/h8-10,12-17,21-26,33,37-39H,7,11,18-20,27-32H2,1-6H3,(H,47,53)(H,48,55)(H,49,52)/t33-,37+,38+,39-,46+/m1/s1. The Morgan fingerprint density at radius 1 is 0.825 bits per heavy atom. The summed E-state index contributed by atoms with van der Waals surface area (Å²) in [7, 11) is -2.90. The monoisotopic (exact) mass is 794 g/mol. The number of benzene rings is 3. The van der Waals surface area contributed by atoms with Gasteiger partial charge in [-0.1, -0.05) is 132 Å². The smallest absolute Gasteiger partial charge is 0.262 e. The fourth-order valence-electron chi connectivity index (χ4n) is 8.29. The molecule has 3 N–H and O–H groups in total. The van der Waals surface area contributed by atoms with Crippen molar-refractivity contribution in [2.75, 3.05) is 6.54 Å². The summed E-state index contributed by atoms with van der Waals surface area (Å²) in [6.07, 6.45) is 4.18. The van der Waals surface area contributed by atoms with E-state index in [-0.39, 0.29) is 29.1 Å². The molecular formula is C46H62N4O6Si. The first-order chi connectivity index (χ1) is 27.2. The zero-order valence-electron chi connectivity index (χ0n) is 34.6. The third kappa shape index (κ3) is 10.3. The van der Waals surface area contributed by atoms with Crippen LogP contribution >= 0.6 is 0 Å². The van der Waals surface area contributed by atoms with Crippen molar-refractivity contribution in [3.8, 4) is 0 Å². The van der Waals surface area contributed by atoms with Crippen LogP contribution in [0.15, 0.2) is 91.0 Å². The molecular weight excluding hydrogens is 733 g/mol. The van der Waals surface area contributed by atoms with E-state index in [1.165, 1.54) is 0 Å². The summed E-state index contributed by atoms with van der Waals surface area (Å²) >= 11 is 0. The topological polar surface area (TPSA) is 134 Å². The SMILES string of the molecule is CC[C@]1(C)NC(=O)[C@H](CCCCCC(=O)[C@@H](C)O[Si](c2ccccc2)(c2ccccc2)C(C)(C)C)NC(=O)[C@H]2CCCN2C(=O)[C@H](CCc2ccccc2)NC1=O. The minimum Gasteiger partial charge on any atom is -0.398 e. The van der Waals surface area contributed by atoms with E-state index in [9.17, 15) is 24.0 Å². The fourth-order valence-corrected chi connectivity index (χ4v) is 13.0. The van der Waals surface area contributed by atoms with Gasteiger partial charge >= 0.3 is 0 Å². The number of aryl methyl sites for hydroxylation is 1. The molecule has 5 atom stereocenters. The Hall–Kier alpha value is -4.61. The number of hydrogen-bond donors (Lipinski definition) is 3. The fraction of sp³-hybridized carbons (Fsp3) is 0.500. The first-order valence-corrected chi connectivity index (χ1v) is 22.7. The predicted molar refractivity (Wildman–Crippen MR) is 226 cm³/mol. The maximum atomic E-state index is 14.0. The molecule has 0 saturated carbocycles. The number of fused-ring (bicyclic) bond motifs is 1. The van der Waals surface area contributed by atoms with Crippen LogP contribution in [0.2, 0.25) is 5.04 Å². The van der Waals surface area contributed by atoms with Gasteiger partial charge in [0, 0.05) is 13.0 Å². The van der Waals surface area contributed by atoms with Crippen LogP contribution in [0.3, 0.4) is 0 Å². The van der Waals surface area contributed by atoms with E-state index >= 15 is 0 Å². The lowest BCUT2D eigenvalue weighted by Crippen LogP contribution is -2.68. The first-order valence-electron chi connectivity index (χ1n) is 20.8. The molecule has 306 valence electrons. The molecule has 4 amide bonds. The highest BCUT2D eigenvalue weighted by Crippen LogP contribution is 2.37. The Balaban J connectivity index is 1.24. The minimum atomic E-state index is -2.90. The van der Waals surface area contributed by atoms with E-state index in [4.69, 9.17) is 4.43 Å². The van der Waals surface area contributed by atoms with E-state index in [0.29, 0.717) is 64.3 Å². The zero-order chi connectivity index (χ0) is 41.2. The van der Waals surface area contributed by atoms with Crippen LogP contribution in [0.5, 0.6) is 0 Å². The number of carbonyl (C=O) groups excluding carboxylic acids is 5. The zero-order valence-corrected chi connectivity index (χ0v) is 35.6. The van der Waals surface area contributed by atoms with Crippen molar-refractivity contribution in [1.82, 2.24) is 20.9 Å². The first kappa shape index (κ1) is 43.5. The molecule has 0 spiro atoms. The number of amides is 4. The maximum Gasteiger partial charge on any atom is 0.262 e. The maximum absolute atomic E-state index is 14.0. The van der Waals surface area contributed by atoms with Gasteiger partial charge in [-0.15, -0.1) is 0 Å². The second-order valence-corrected chi connectivity index (χ2v) is 21.2.